The fraction of sp³-hybridized carbons (Fsp3) is 0.250. The van der Waals surface area contributed by atoms with Crippen LogP contribution < -0.4 is 0 Å². The molecular weight excluding hydrogens is 174 g/mol. The first-order chi connectivity index (χ1) is 5.83. The molecule has 2 rings (SSSR count). The third kappa shape index (κ3) is 0.975. The summed E-state index contributed by atoms with van der Waals surface area (Å²) >= 11 is 5.69. The second-order valence-corrected chi connectivity index (χ2v) is 2.83. The second kappa shape index (κ2) is 2.75. The van der Waals surface area contributed by atoms with Gasteiger partial charge in [0.15, 0.2) is 5.65 Å². The highest BCUT2D eigenvalue weighted by Gasteiger charge is 2.05. The van der Waals surface area contributed by atoms with Gasteiger partial charge in [0.05, 0.1) is 11.4 Å². The van der Waals surface area contributed by atoms with Gasteiger partial charge in [-0.05, 0) is 12.1 Å². The van der Waals surface area contributed by atoms with E-state index in [1.807, 2.05) is 23.7 Å². The molecule has 0 aliphatic heterocycles. The van der Waals surface area contributed by atoms with Gasteiger partial charge < -0.3 is 4.57 Å². The number of aromatic nitrogens is 3. The van der Waals surface area contributed by atoms with E-state index in [4.69, 9.17) is 11.6 Å². The fourth-order valence-corrected chi connectivity index (χ4v) is 1.43. The number of nitrogens with zero attached hydrogens (tertiary/aromatic N) is 3. The maximum absolute atomic E-state index is 5.69. The van der Waals surface area contributed by atoms with Crippen LogP contribution in [0.2, 0.25) is 0 Å². The molecule has 12 heavy (non-hydrogen) atoms. The summed E-state index contributed by atoms with van der Waals surface area (Å²) in [5.41, 5.74) is 1.78. The molecule has 0 fully saturated rings. The van der Waals surface area contributed by atoms with Gasteiger partial charge in [0, 0.05) is 13.2 Å². The number of hydrogen-bond acceptors (Lipinski definition) is 2. The van der Waals surface area contributed by atoms with Crippen LogP contribution in [0, 0.1) is 0 Å². The Morgan fingerprint density at radius 2 is 2.42 bits per heavy atom. The van der Waals surface area contributed by atoms with Crippen molar-refractivity contribution in [1.29, 1.82) is 0 Å². The zero-order valence-corrected chi connectivity index (χ0v) is 7.41. The van der Waals surface area contributed by atoms with Gasteiger partial charge >= 0.3 is 0 Å². The van der Waals surface area contributed by atoms with Crippen LogP contribution >= 0.6 is 11.6 Å². The van der Waals surface area contributed by atoms with Crippen molar-refractivity contribution in [2.75, 3.05) is 0 Å². The summed E-state index contributed by atoms with van der Waals surface area (Å²) in [5.74, 6) is 1.28. The summed E-state index contributed by atoms with van der Waals surface area (Å²) in [6.45, 7) is 0. The molecule has 0 aliphatic carbocycles. The Hall–Kier alpha value is -1.09. The minimum Gasteiger partial charge on any atom is -0.329 e. The number of aryl methyl sites for hydroxylation is 1. The Morgan fingerprint density at radius 3 is 3.08 bits per heavy atom. The van der Waals surface area contributed by atoms with E-state index in [9.17, 15) is 0 Å². The Morgan fingerprint density at radius 1 is 1.58 bits per heavy atom. The predicted molar refractivity (Wildman–Crippen MR) is 48.1 cm³/mol. The normalized spacial score (nSPS) is 10.8. The molecule has 0 amide bonds. The first-order valence-corrected chi connectivity index (χ1v) is 4.18. The maximum atomic E-state index is 5.69. The molecule has 2 aromatic heterocycles. The van der Waals surface area contributed by atoms with Crippen molar-refractivity contribution in [3.8, 4) is 0 Å². The molecule has 62 valence electrons. The molecule has 0 radical (unpaired) electrons. The predicted octanol–water partition coefficient (Wildman–Crippen LogP) is 1.71. The number of rotatable bonds is 1. The van der Waals surface area contributed by atoms with Crippen LogP contribution in [0.4, 0.5) is 0 Å². The van der Waals surface area contributed by atoms with E-state index in [0.717, 1.165) is 17.0 Å². The summed E-state index contributed by atoms with van der Waals surface area (Å²) in [5, 5.41) is 0. The van der Waals surface area contributed by atoms with Crippen LogP contribution in [0.1, 0.15) is 5.82 Å². The van der Waals surface area contributed by atoms with Crippen molar-refractivity contribution in [3.05, 3.63) is 24.2 Å². The van der Waals surface area contributed by atoms with Crippen molar-refractivity contribution < 1.29 is 0 Å². The van der Waals surface area contributed by atoms with E-state index < -0.39 is 0 Å². The highest BCUT2D eigenvalue weighted by molar-refractivity contribution is 6.16. The highest BCUT2D eigenvalue weighted by atomic mass is 35.5. The molecule has 0 saturated carbocycles. The van der Waals surface area contributed by atoms with E-state index in [1.165, 1.54) is 0 Å². The highest BCUT2D eigenvalue weighted by Crippen LogP contribution is 2.12. The Labute approximate surface area is 75.0 Å². The lowest BCUT2D eigenvalue weighted by atomic mass is 10.4. The van der Waals surface area contributed by atoms with Crippen molar-refractivity contribution >= 4 is 22.8 Å². The average Bonchev–Trinajstić information content (AvgIpc) is 2.44. The number of halogens is 1. The van der Waals surface area contributed by atoms with Crippen LogP contribution in [-0.4, -0.2) is 14.5 Å². The van der Waals surface area contributed by atoms with Crippen molar-refractivity contribution in [2.45, 2.75) is 5.88 Å². The lowest BCUT2D eigenvalue weighted by Gasteiger charge is -1.95. The molecule has 0 atom stereocenters. The molecule has 0 aromatic carbocycles. The summed E-state index contributed by atoms with van der Waals surface area (Å²) in [7, 11) is 1.94. The Balaban J connectivity index is 2.78. The molecular formula is C8H8ClN3. The third-order valence-corrected chi connectivity index (χ3v) is 2.11. The lowest BCUT2D eigenvalue weighted by molar-refractivity contribution is 0.873. The van der Waals surface area contributed by atoms with E-state index in [1.54, 1.807) is 6.20 Å². The summed E-state index contributed by atoms with van der Waals surface area (Å²) < 4.78 is 1.95. The van der Waals surface area contributed by atoms with Crippen molar-refractivity contribution in [1.82, 2.24) is 14.5 Å². The smallest absolute Gasteiger partial charge is 0.177 e. The topological polar surface area (TPSA) is 30.7 Å². The molecule has 0 N–H and O–H groups in total. The first kappa shape index (κ1) is 7.55. The van der Waals surface area contributed by atoms with Gasteiger partial charge in [-0.25, -0.2) is 9.97 Å². The molecule has 4 heteroatoms. The number of imidazole rings is 1. The summed E-state index contributed by atoms with van der Waals surface area (Å²) in [4.78, 5) is 8.37. The van der Waals surface area contributed by atoms with Gasteiger partial charge in [-0.15, -0.1) is 11.6 Å². The van der Waals surface area contributed by atoms with E-state index in [2.05, 4.69) is 9.97 Å². The fourth-order valence-electron chi connectivity index (χ4n) is 1.19. The van der Waals surface area contributed by atoms with Crippen molar-refractivity contribution in [2.24, 2.45) is 7.05 Å². The van der Waals surface area contributed by atoms with Gasteiger partial charge in [-0.2, -0.15) is 0 Å². The summed E-state index contributed by atoms with van der Waals surface area (Å²) in [6.07, 6.45) is 1.73. The number of pyridine rings is 1. The SMILES string of the molecule is Cn1c(CCl)nc2ncccc21. The summed E-state index contributed by atoms with van der Waals surface area (Å²) in [6, 6.07) is 3.87. The van der Waals surface area contributed by atoms with E-state index in [-0.39, 0.29) is 0 Å². The van der Waals surface area contributed by atoms with Gasteiger partial charge in [0.1, 0.15) is 5.82 Å². The Kier molecular flexibility index (Phi) is 1.73. The van der Waals surface area contributed by atoms with Gasteiger partial charge in [-0.3, -0.25) is 0 Å². The Bertz CT molecular complexity index is 408. The van der Waals surface area contributed by atoms with Gasteiger partial charge in [0.25, 0.3) is 0 Å². The molecule has 3 nitrogen and oxygen atoms in total. The van der Waals surface area contributed by atoms with Crippen LogP contribution in [0.5, 0.6) is 0 Å². The van der Waals surface area contributed by atoms with Crippen LogP contribution in [0.3, 0.4) is 0 Å². The molecule has 2 heterocycles. The van der Waals surface area contributed by atoms with Crippen molar-refractivity contribution in [3.63, 3.8) is 0 Å². The average molecular weight is 182 g/mol. The maximum Gasteiger partial charge on any atom is 0.177 e. The van der Waals surface area contributed by atoms with Crippen LogP contribution in [0.15, 0.2) is 18.3 Å². The standard InChI is InChI=1S/C8H8ClN3/c1-12-6-3-2-4-10-8(6)11-7(12)5-9/h2-4H,5H2,1H3. The minimum absolute atomic E-state index is 0.423. The zero-order chi connectivity index (χ0) is 8.55. The molecule has 0 bridgehead atoms. The van der Waals surface area contributed by atoms with Gasteiger partial charge in [-0.1, -0.05) is 0 Å². The van der Waals surface area contributed by atoms with E-state index >= 15 is 0 Å². The third-order valence-electron chi connectivity index (χ3n) is 1.87. The molecule has 0 unspecified atom stereocenters. The largest absolute Gasteiger partial charge is 0.329 e. The minimum atomic E-state index is 0.423. The molecule has 0 spiro atoms. The molecule has 2 aromatic rings. The first-order valence-electron chi connectivity index (χ1n) is 3.65. The quantitative estimate of drug-likeness (QED) is 0.627. The zero-order valence-electron chi connectivity index (χ0n) is 6.66. The second-order valence-electron chi connectivity index (χ2n) is 2.57. The van der Waals surface area contributed by atoms with E-state index in [0.29, 0.717) is 5.88 Å². The number of fused-ring (bicyclic) bond motifs is 1. The van der Waals surface area contributed by atoms with Crippen LogP contribution in [-0.2, 0) is 12.9 Å². The molecule has 0 aliphatic rings. The lowest BCUT2D eigenvalue weighted by Crippen LogP contribution is -1.93. The number of alkyl halides is 1. The molecule has 0 saturated heterocycles. The number of hydrogen-bond donors (Lipinski definition) is 0. The van der Waals surface area contributed by atoms with Crippen LogP contribution in [0.25, 0.3) is 11.2 Å². The van der Waals surface area contributed by atoms with Gasteiger partial charge in [0.2, 0.25) is 0 Å². The monoisotopic (exact) mass is 181 g/mol.